The van der Waals surface area contributed by atoms with Crippen LogP contribution >= 0.6 is 15.9 Å². The molecule has 3 nitrogen and oxygen atoms in total. The number of halogens is 1. The SMILES string of the molecule is CNC1CC(c2ccc(Br)cn2)Oc2ccccc21. The molecule has 2 atom stereocenters. The number of nitrogens with one attached hydrogen (secondary N) is 1. The molecule has 1 aromatic carbocycles. The normalized spacial score (nSPS) is 21.6. The predicted octanol–water partition coefficient (Wildman–Crippen LogP) is 3.63. The topological polar surface area (TPSA) is 34.2 Å². The minimum Gasteiger partial charge on any atom is -0.484 e. The maximum absolute atomic E-state index is 6.07. The van der Waals surface area contributed by atoms with Gasteiger partial charge in [-0.3, -0.25) is 4.98 Å². The summed E-state index contributed by atoms with van der Waals surface area (Å²) in [4.78, 5) is 4.44. The van der Waals surface area contributed by atoms with Gasteiger partial charge >= 0.3 is 0 Å². The van der Waals surface area contributed by atoms with Gasteiger partial charge in [0, 0.05) is 28.7 Å². The summed E-state index contributed by atoms with van der Waals surface area (Å²) < 4.78 is 7.06. The Labute approximate surface area is 121 Å². The second kappa shape index (κ2) is 5.31. The highest BCUT2D eigenvalue weighted by atomic mass is 79.9. The van der Waals surface area contributed by atoms with Gasteiger partial charge in [-0.1, -0.05) is 18.2 Å². The Bertz CT molecular complexity index is 571. The summed E-state index contributed by atoms with van der Waals surface area (Å²) in [5.41, 5.74) is 2.19. The van der Waals surface area contributed by atoms with Gasteiger partial charge in [-0.25, -0.2) is 0 Å². The number of hydrogen-bond acceptors (Lipinski definition) is 3. The van der Waals surface area contributed by atoms with Crippen LogP contribution in [0.3, 0.4) is 0 Å². The number of hydrogen-bond donors (Lipinski definition) is 1. The van der Waals surface area contributed by atoms with Gasteiger partial charge in [0.2, 0.25) is 0 Å². The van der Waals surface area contributed by atoms with Crippen LogP contribution in [0.2, 0.25) is 0 Å². The monoisotopic (exact) mass is 318 g/mol. The van der Waals surface area contributed by atoms with Gasteiger partial charge in [-0.05, 0) is 41.2 Å². The van der Waals surface area contributed by atoms with Crippen molar-refractivity contribution in [1.29, 1.82) is 0 Å². The largest absolute Gasteiger partial charge is 0.484 e. The molecule has 1 N–H and O–H groups in total. The zero-order chi connectivity index (χ0) is 13.2. The number of rotatable bonds is 2. The van der Waals surface area contributed by atoms with E-state index in [2.05, 4.69) is 32.3 Å². The molecule has 1 aliphatic heterocycles. The van der Waals surface area contributed by atoms with E-state index in [9.17, 15) is 0 Å². The Morgan fingerprint density at radius 2 is 2.11 bits per heavy atom. The lowest BCUT2D eigenvalue weighted by molar-refractivity contribution is 0.150. The van der Waals surface area contributed by atoms with Crippen molar-refractivity contribution >= 4 is 15.9 Å². The van der Waals surface area contributed by atoms with Crippen LogP contribution in [-0.2, 0) is 0 Å². The van der Waals surface area contributed by atoms with Gasteiger partial charge in [0.25, 0.3) is 0 Å². The van der Waals surface area contributed by atoms with Crippen molar-refractivity contribution in [2.45, 2.75) is 18.6 Å². The Morgan fingerprint density at radius 3 is 2.84 bits per heavy atom. The highest BCUT2D eigenvalue weighted by Crippen LogP contribution is 2.39. The first kappa shape index (κ1) is 12.6. The van der Waals surface area contributed by atoms with E-state index in [1.807, 2.05) is 43.6 Å². The minimum atomic E-state index is 0.000417. The smallest absolute Gasteiger partial charge is 0.142 e. The van der Waals surface area contributed by atoms with Gasteiger partial charge in [0.15, 0.2) is 0 Å². The van der Waals surface area contributed by atoms with Crippen molar-refractivity contribution in [2.75, 3.05) is 7.05 Å². The van der Waals surface area contributed by atoms with Crippen LogP contribution in [0.15, 0.2) is 47.1 Å². The van der Waals surface area contributed by atoms with Crippen LogP contribution < -0.4 is 10.1 Å². The zero-order valence-electron chi connectivity index (χ0n) is 10.6. The third-order valence-corrected chi connectivity index (χ3v) is 3.91. The third-order valence-electron chi connectivity index (χ3n) is 3.44. The molecule has 4 heteroatoms. The number of pyridine rings is 1. The number of fused-ring (bicyclic) bond motifs is 1. The second-order valence-electron chi connectivity index (χ2n) is 4.62. The fourth-order valence-corrected chi connectivity index (χ4v) is 2.68. The van der Waals surface area contributed by atoms with Crippen molar-refractivity contribution in [3.63, 3.8) is 0 Å². The molecule has 1 aromatic heterocycles. The van der Waals surface area contributed by atoms with Crippen molar-refractivity contribution in [3.05, 3.63) is 58.3 Å². The Kier molecular flexibility index (Phi) is 3.53. The van der Waals surface area contributed by atoms with Gasteiger partial charge in [0.1, 0.15) is 11.9 Å². The highest BCUT2D eigenvalue weighted by Gasteiger charge is 2.28. The van der Waals surface area contributed by atoms with E-state index in [0.29, 0.717) is 6.04 Å². The molecule has 2 heterocycles. The summed E-state index contributed by atoms with van der Waals surface area (Å²) in [5, 5.41) is 3.35. The Hall–Kier alpha value is -1.39. The quantitative estimate of drug-likeness (QED) is 0.918. The van der Waals surface area contributed by atoms with Gasteiger partial charge < -0.3 is 10.1 Å². The van der Waals surface area contributed by atoms with E-state index in [4.69, 9.17) is 4.74 Å². The molecule has 0 radical (unpaired) electrons. The average molecular weight is 319 g/mol. The molecule has 0 saturated carbocycles. The molecule has 1 aliphatic rings. The van der Waals surface area contributed by atoms with Crippen LogP contribution in [0.5, 0.6) is 5.75 Å². The molecule has 3 rings (SSSR count). The molecule has 2 aromatic rings. The summed E-state index contributed by atoms with van der Waals surface area (Å²) in [7, 11) is 1.98. The number of aromatic nitrogens is 1. The Balaban J connectivity index is 1.93. The van der Waals surface area contributed by atoms with Gasteiger partial charge in [-0.15, -0.1) is 0 Å². The van der Waals surface area contributed by atoms with E-state index in [1.165, 1.54) is 5.56 Å². The van der Waals surface area contributed by atoms with Crippen LogP contribution in [0.1, 0.15) is 29.8 Å². The summed E-state index contributed by atoms with van der Waals surface area (Å²) >= 11 is 3.41. The molecule has 0 aliphatic carbocycles. The van der Waals surface area contributed by atoms with E-state index in [0.717, 1.165) is 22.3 Å². The van der Waals surface area contributed by atoms with E-state index in [-0.39, 0.29) is 6.10 Å². The first-order chi connectivity index (χ1) is 9.28. The predicted molar refractivity (Wildman–Crippen MR) is 78.2 cm³/mol. The maximum atomic E-state index is 6.07. The number of ether oxygens (including phenoxy) is 1. The molecule has 19 heavy (non-hydrogen) atoms. The fraction of sp³-hybridized carbons (Fsp3) is 0.267. The molecule has 0 spiro atoms. The molecule has 0 saturated heterocycles. The summed E-state index contributed by atoms with van der Waals surface area (Å²) in [6.45, 7) is 0. The van der Waals surface area contributed by atoms with Crippen molar-refractivity contribution in [2.24, 2.45) is 0 Å². The first-order valence-corrected chi connectivity index (χ1v) is 7.11. The van der Waals surface area contributed by atoms with Crippen molar-refractivity contribution in [1.82, 2.24) is 10.3 Å². The lowest BCUT2D eigenvalue weighted by atomic mass is 9.95. The number of benzene rings is 1. The standard InChI is InChI=1S/C15H15BrN2O/c1-17-13-8-15(12-7-6-10(16)9-18-12)19-14-5-3-2-4-11(13)14/h2-7,9,13,15,17H,8H2,1H3. The lowest BCUT2D eigenvalue weighted by Crippen LogP contribution is -2.27. The summed E-state index contributed by atoms with van der Waals surface area (Å²) in [6.07, 6.45) is 2.70. The average Bonchev–Trinajstić information content (AvgIpc) is 2.47. The summed E-state index contributed by atoms with van der Waals surface area (Å²) in [6, 6.07) is 12.5. The Morgan fingerprint density at radius 1 is 1.26 bits per heavy atom. The summed E-state index contributed by atoms with van der Waals surface area (Å²) in [5.74, 6) is 0.947. The van der Waals surface area contributed by atoms with E-state index >= 15 is 0 Å². The molecule has 2 unspecified atom stereocenters. The number of nitrogens with zero attached hydrogens (tertiary/aromatic N) is 1. The first-order valence-electron chi connectivity index (χ1n) is 6.32. The highest BCUT2D eigenvalue weighted by molar-refractivity contribution is 9.10. The second-order valence-corrected chi connectivity index (χ2v) is 5.54. The van der Waals surface area contributed by atoms with Crippen molar-refractivity contribution in [3.8, 4) is 5.75 Å². The van der Waals surface area contributed by atoms with Crippen LogP contribution in [0.4, 0.5) is 0 Å². The molecule has 0 bridgehead atoms. The van der Waals surface area contributed by atoms with E-state index < -0.39 is 0 Å². The fourth-order valence-electron chi connectivity index (χ4n) is 2.45. The third kappa shape index (κ3) is 2.51. The number of para-hydroxylation sites is 1. The molecule has 0 fully saturated rings. The van der Waals surface area contributed by atoms with Crippen LogP contribution in [0.25, 0.3) is 0 Å². The minimum absolute atomic E-state index is 0.000417. The van der Waals surface area contributed by atoms with E-state index in [1.54, 1.807) is 0 Å². The zero-order valence-corrected chi connectivity index (χ0v) is 12.2. The maximum Gasteiger partial charge on any atom is 0.142 e. The molecule has 0 amide bonds. The van der Waals surface area contributed by atoms with Gasteiger partial charge in [0.05, 0.1) is 5.69 Å². The molecular weight excluding hydrogens is 304 g/mol. The van der Waals surface area contributed by atoms with Crippen LogP contribution in [-0.4, -0.2) is 12.0 Å². The van der Waals surface area contributed by atoms with Crippen LogP contribution in [0, 0.1) is 0 Å². The van der Waals surface area contributed by atoms with Crippen molar-refractivity contribution < 1.29 is 4.74 Å². The molecule has 98 valence electrons. The lowest BCUT2D eigenvalue weighted by Gasteiger charge is -2.31. The van der Waals surface area contributed by atoms with Gasteiger partial charge in [-0.2, -0.15) is 0 Å². The molecular formula is C15H15BrN2O.